The summed E-state index contributed by atoms with van der Waals surface area (Å²) < 4.78 is 18.5. The second-order valence-electron chi connectivity index (χ2n) is 2.77. The van der Waals surface area contributed by atoms with Crippen LogP contribution in [-0.2, 0) is 0 Å². The highest BCUT2D eigenvalue weighted by atomic mass is 79.9. The van der Waals surface area contributed by atoms with Crippen LogP contribution in [0, 0.1) is 5.82 Å². The van der Waals surface area contributed by atoms with Crippen LogP contribution < -0.4 is 10.5 Å². The molecule has 0 unspecified atom stereocenters. The lowest BCUT2D eigenvalue weighted by molar-refractivity contribution is 0.368. The number of rotatable bonds is 3. The third-order valence-corrected chi connectivity index (χ3v) is 2.64. The van der Waals surface area contributed by atoms with Crippen molar-refractivity contribution in [3.05, 3.63) is 28.0 Å². The van der Waals surface area contributed by atoms with Crippen LogP contribution in [0.25, 0.3) is 6.08 Å². The van der Waals surface area contributed by atoms with Gasteiger partial charge in [0.2, 0.25) is 0 Å². The van der Waals surface area contributed by atoms with E-state index in [0.717, 1.165) is 6.07 Å². The van der Waals surface area contributed by atoms with Crippen molar-refractivity contribution >= 4 is 22.0 Å². The predicted octanol–water partition coefficient (Wildman–Crippen LogP) is 2.27. The van der Waals surface area contributed by atoms with Crippen LogP contribution in [0.1, 0.15) is 5.56 Å². The molecule has 0 aromatic heterocycles. The molecule has 0 atom stereocenters. The van der Waals surface area contributed by atoms with Crippen molar-refractivity contribution in [3.63, 3.8) is 0 Å². The minimum atomic E-state index is -0.485. The average molecular weight is 276 g/mol. The maximum Gasteiger partial charge on any atom is 0.173 e. The van der Waals surface area contributed by atoms with Gasteiger partial charge in [0.1, 0.15) is 5.82 Å². The molecule has 15 heavy (non-hydrogen) atoms. The Kier molecular flexibility index (Phi) is 4.11. The molecule has 1 rings (SSSR count). The van der Waals surface area contributed by atoms with Gasteiger partial charge in [0.25, 0.3) is 0 Å². The highest BCUT2D eigenvalue weighted by Gasteiger charge is 2.14. The van der Waals surface area contributed by atoms with E-state index in [1.54, 1.807) is 6.08 Å². The van der Waals surface area contributed by atoms with E-state index in [-0.39, 0.29) is 21.5 Å². The molecular weight excluding hydrogens is 265 g/mol. The van der Waals surface area contributed by atoms with Gasteiger partial charge in [-0.2, -0.15) is 0 Å². The van der Waals surface area contributed by atoms with E-state index in [0.29, 0.717) is 6.54 Å². The first kappa shape index (κ1) is 12.0. The minimum absolute atomic E-state index is 0.0873. The fourth-order valence-electron chi connectivity index (χ4n) is 1.10. The normalized spacial score (nSPS) is 10.9. The van der Waals surface area contributed by atoms with E-state index in [4.69, 9.17) is 10.5 Å². The lowest BCUT2D eigenvalue weighted by Gasteiger charge is -2.08. The molecule has 3 N–H and O–H groups in total. The summed E-state index contributed by atoms with van der Waals surface area (Å²) in [5.41, 5.74) is 5.51. The second kappa shape index (κ2) is 5.14. The van der Waals surface area contributed by atoms with Crippen molar-refractivity contribution in [1.82, 2.24) is 0 Å². The average Bonchev–Trinajstić information content (AvgIpc) is 2.23. The van der Waals surface area contributed by atoms with Gasteiger partial charge in [-0.3, -0.25) is 0 Å². The smallest absolute Gasteiger partial charge is 0.173 e. The van der Waals surface area contributed by atoms with Crippen LogP contribution in [0.2, 0.25) is 0 Å². The number of hydrogen-bond acceptors (Lipinski definition) is 3. The van der Waals surface area contributed by atoms with Crippen LogP contribution in [-0.4, -0.2) is 18.8 Å². The zero-order chi connectivity index (χ0) is 11.4. The highest BCUT2D eigenvalue weighted by molar-refractivity contribution is 9.10. The molecule has 0 fully saturated rings. The summed E-state index contributed by atoms with van der Waals surface area (Å²) in [6, 6.07) is 1.12. The van der Waals surface area contributed by atoms with Crippen LogP contribution in [0.3, 0.4) is 0 Å². The van der Waals surface area contributed by atoms with Gasteiger partial charge in [-0.05, 0) is 15.9 Å². The van der Waals surface area contributed by atoms with Crippen molar-refractivity contribution < 1.29 is 14.2 Å². The Morgan fingerprint density at radius 1 is 1.67 bits per heavy atom. The third-order valence-electron chi connectivity index (χ3n) is 1.83. The first-order valence-electron chi connectivity index (χ1n) is 4.23. The third kappa shape index (κ3) is 2.49. The number of phenols is 1. The number of methoxy groups -OCH3 is 1. The molecule has 5 heteroatoms. The predicted molar refractivity (Wildman–Crippen MR) is 60.4 cm³/mol. The number of hydrogen-bond donors (Lipinski definition) is 2. The maximum absolute atomic E-state index is 13.5. The second-order valence-corrected chi connectivity index (χ2v) is 3.57. The van der Waals surface area contributed by atoms with Crippen molar-refractivity contribution in [2.45, 2.75) is 0 Å². The van der Waals surface area contributed by atoms with Crippen molar-refractivity contribution in [1.29, 1.82) is 0 Å². The van der Waals surface area contributed by atoms with Crippen molar-refractivity contribution in [3.8, 4) is 11.5 Å². The Morgan fingerprint density at radius 2 is 2.33 bits per heavy atom. The fourth-order valence-corrected chi connectivity index (χ4v) is 1.61. The topological polar surface area (TPSA) is 55.5 Å². The molecule has 0 bridgehead atoms. The summed E-state index contributed by atoms with van der Waals surface area (Å²) in [5.74, 6) is -0.527. The number of ether oxygens (including phenoxy) is 1. The molecule has 3 nitrogen and oxygen atoms in total. The van der Waals surface area contributed by atoms with E-state index in [2.05, 4.69) is 15.9 Å². The first-order valence-corrected chi connectivity index (χ1v) is 5.02. The van der Waals surface area contributed by atoms with Gasteiger partial charge < -0.3 is 15.6 Å². The minimum Gasteiger partial charge on any atom is -0.503 e. The Hall–Kier alpha value is -1.07. The van der Waals surface area contributed by atoms with Crippen molar-refractivity contribution in [2.24, 2.45) is 5.73 Å². The molecule has 82 valence electrons. The van der Waals surface area contributed by atoms with Crippen LogP contribution in [0.5, 0.6) is 11.5 Å². The Balaban J connectivity index is 3.29. The zero-order valence-corrected chi connectivity index (χ0v) is 9.71. The van der Waals surface area contributed by atoms with Gasteiger partial charge in [-0.1, -0.05) is 12.2 Å². The summed E-state index contributed by atoms with van der Waals surface area (Å²) >= 11 is 3.09. The lowest BCUT2D eigenvalue weighted by atomic mass is 10.1. The summed E-state index contributed by atoms with van der Waals surface area (Å²) in [7, 11) is 1.36. The van der Waals surface area contributed by atoms with Crippen LogP contribution in [0.4, 0.5) is 4.39 Å². The molecular formula is C10H11BrFNO2. The molecule has 0 aliphatic heterocycles. The summed E-state index contributed by atoms with van der Waals surface area (Å²) in [5, 5.41) is 9.60. The number of benzene rings is 1. The van der Waals surface area contributed by atoms with E-state index in [9.17, 15) is 9.50 Å². The molecule has 0 aliphatic rings. The first-order chi connectivity index (χ1) is 7.11. The molecule has 0 spiro atoms. The molecule has 0 radical (unpaired) electrons. The molecule has 0 aliphatic carbocycles. The standard InChI is InChI=1S/C10H11BrFNO2/c1-15-8-5-7(12)6(3-2-4-13)9(11)10(8)14/h2-3,5,14H,4,13H2,1H3/b3-2+. The van der Waals surface area contributed by atoms with Gasteiger partial charge in [0.05, 0.1) is 11.6 Å². The largest absolute Gasteiger partial charge is 0.503 e. The number of aromatic hydroxyl groups is 1. The monoisotopic (exact) mass is 275 g/mol. The molecule has 0 saturated heterocycles. The number of nitrogens with two attached hydrogens (primary N) is 1. The SMILES string of the molecule is COc1cc(F)c(/C=C/CN)c(Br)c1O. The summed E-state index contributed by atoms with van der Waals surface area (Å²) in [6.45, 7) is 0.304. The Labute approximate surface area is 95.5 Å². The Bertz CT molecular complexity index is 393. The zero-order valence-electron chi connectivity index (χ0n) is 8.13. The molecule has 0 amide bonds. The van der Waals surface area contributed by atoms with Gasteiger partial charge in [-0.25, -0.2) is 4.39 Å². The molecule has 1 aromatic rings. The molecule has 1 aromatic carbocycles. The molecule has 0 saturated carbocycles. The van der Waals surface area contributed by atoms with E-state index < -0.39 is 5.82 Å². The van der Waals surface area contributed by atoms with Crippen LogP contribution >= 0.6 is 15.9 Å². The quantitative estimate of drug-likeness (QED) is 0.890. The highest BCUT2D eigenvalue weighted by Crippen LogP contribution is 2.38. The van der Waals surface area contributed by atoms with Gasteiger partial charge in [0.15, 0.2) is 11.5 Å². The summed E-state index contributed by atoms with van der Waals surface area (Å²) in [6.07, 6.45) is 3.09. The maximum atomic E-state index is 13.5. The number of phenolic OH excluding ortho intramolecular Hbond substituents is 1. The van der Waals surface area contributed by atoms with Gasteiger partial charge in [0, 0.05) is 18.2 Å². The number of halogens is 2. The lowest BCUT2D eigenvalue weighted by Crippen LogP contribution is -1.94. The van der Waals surface area contributed by atoms with E-state index in [1.807, 2.05) is 0 Å². The summed E-state index contributed by atoms with van der Waals surface area (Å²) in [4.78, 5) is 0. The van der Waals surface area contributed by atoms with Gasteiger partial charge >= 0.3 is 0 Å². The van der Waals surface area contributed by atoms with Crippen LogP contribution in [0.15, 0.2) is 16.6 Å². The van der Waals surface area contributed by atoms with E-state index in [1.165, 1.54) is 13.2 Å². The fraction of sp³-hybridized carbons (Fsp3) is 0.200. The van der Waals surface area contributed by atoms with Crippen molar-refractivity contribution in [2.75, 3.05) is 13.7 Å². The van der Waals surface area contributed by atoms with E-state index >= 15 is 0 Å². The molecule has 0 heterocycles. The van der Waals surface area contributed by atoms with Gasteiger partial charge in [-0.15, -0.1) is 0 Å². The Morgan fingerprint density at radius 3 is 2.87 bits per heavy atom.